The first kappa shape index (κ1) is 20.3. The zero-order valence-corrected chi connectivity index (χ0v) is 17.5. The molecule has 0 spiro atoms. The number of carbonyl (C=O) groups excluding carboxylic acids is 1. The third-order valence-electron chi connectivity index (χ3n) is 5.05. The van der Waals surface area contributed by atoms with Crippen LogP contribution in [0.25, 0.3) is 16.8 Å². The number of amides is 1. The summed E-state index contributed by atoms with van der Waals surface area (Å²) in [5, 5.41) is 11.5. The van der Waals surface area contributed by atoms with Gasteiger partial charge in [-0.15, -0.1) is 10.2 Å². The number of fused-ring (bicyclic) bond motifs is 1. The molecule has 2 aromatic carbocycles. The van der Waals surface area contributed by atoms with Gasteiger partial charge in [0.2, 0.25) is 0 Å². The smallest absolute Gasteiger partial charge is 0.253 e. The average Bonchev–Trinajstić information content (AvgIpc) is 3.28. The summed E-state index contributed by atoms with van der Waals surface area (Å²) in [4.78, 5) is 13.7. The van der Waals surface area contributed by atoms with E-state index in [2.05, 4.69) is 15.5 Å². The quantitative estimate of drug-likeness (QED) is 0.514. The highest BCUT2D eigenvalue weighted by Crippen LogP contribution is 2.28. The van der Waals surface area contributed by atoms with Gasteiger partial charge in [0.25, 0.3) is 5.91 Å². The minimum absolute atomic E-state index is 0.0534. The van der Waals surface area contributed by atoms with Crippen LogP contribution in [0, 0.1) is 5.82 Å². The van der Waals surface area contributed by atoms with Gasteiger partial charge in [-0.25, -0.2) is 4.39 Å². The van der Waals surface area contributed by atoms with Crippen molar-refractivity contribution in [2.45, 2.75) is 6.54 Å². The van der Waals surface area contributed by atoms with Crippen molar-refractivity contribution >= 4 is 17.4 Å². The van der Waals surface area contributed by atoms with Crippen molar-refractivity contribution in [2.75, 3.05) is 26.5 Å². The van der Waals surface area contributed by atoms with E-state index in [1.54, 1.807) is 44.7 Å². The van der Waals surface area contributed by atoms with E-state index in [-0.39, 0.29) is 18.3 Å². The summed E-state index contributed by atoms with van der Waals surface area (Å²) < 4.78 is 21.3. The van der Waals surface area contributed by atoms with E-state index in [0.29, 0.717) is 28.3 Å². The second-order valence-electron chi connectivity index (χ2n) is 7.21. The predicted molar refractivity (Wildman–Crippen MR) is 117 cm³/mol. The molecular formula is C23H22FN5O2. The standard InChI is InChI=1S/C23H22FN5O2/c1-28(2)23(30)16-9-7-15(8-10-16)17-11-12-21(29-14-26-27-22(17)29)25-13-18-19(24)5-4-6-20(18)31-3/h4-12,14,25H,13H2,1-3H3. The maximum Gasteiger partial charge on any atom is 0.253 e. The zero-order chi connectivity index (χ0) is 22.0. The normalized spacial score (nSPS) is 10.8. The number of anilines is 1. The first-order chi connectivity index (χ1) is 15.0. The van der Waals surface area contributed by atoms with Crippen molar-refractivity contribution in [1.29, 1.82) is 0 Å². The van der Waals surface area contributed by atoms with Crippen molar-refractivity contribution in [3.05, 3.63) is 77.9 Å². The number of nitrogens with zero attached hydrogens (tertiary/aromatic N) is 4. The summed E-state index contributed by atoms with van der Waals surface area (Å²) in [6.07, 6.45) is 1.60. The van der Waals surface area contributed by atoms with Crippen molar-refractivity contribution in [3.63, 3.8) is 0 Å². The topological polar surface area (TPSA) is 71.8 Å². The Labute approximate surface area is 179 Å². The van der Waals surface area contributed by atoms with Crippen LogP contribution in [0.5, 0.6) is 5.75 Å². The molecule has 0 saturated carbocycles. The first-order valence-corrected chi connectivity index (χ1v) is 9.69. The SMILES string of the molecule is COc1cccc(F)c1CNc1ccc(-c2ccc(C(=O)N(C)C)cc2)c2nncn12. The lowest BCUT2D eigenvalue weighted by Crippen LogP contribution is -2.21. The number of nitrogens with one attached hydrogen (secondary N) is 1. The molecule has 2 heterocycles. The van der Waals surface area contributed by atoms with Crippen LogP contribution in [0.1, 0.15) is 15.9 Å². The second-order valence-corrected chi connectivity index (χ2v) is 7.21. The van der Waals surface area contributed by atoms with E-state index in [0.717, 1.165) is 11.1 Å². The molecule has 0 saturated heterocycles. The number of pyridine rings is 1. The van der Waals surface area contributed by atoms with E-state index in [4.69, 9.17) is 4.74 Å². The molecule has 158 valence electrons. The third kappa shape index (κ3) is 3.92. The van der Waals surface area contributed by atoms with Gasteiger partial charge >= 0.3 is 0 Å². The Morgan fingerprint density at radius 3 is 2.61 bits per heavy atom. The van der Waals surface area contributed by atoms with E-state index >= 15 is 0 Å². The molecule has 0 radical (unpaired) electrons. The number of hydrogen-bond acceptors (Lipinski definition) is 5. The molecule has 4 aromatic rings. The van der Waals surface area contributed by atoms with Crippen molar-refractivity contribution in [1.82, 2.24) is 19.5 Å². The molecule has 7 nitrogen and oxygen atoms in total. The summed E-state index contributed by atoms with van der Waals surface area (Å²) >= 11 is 0. The lowest BCUT2D eigenvalue weighted by Gasteiger charge is -2.14. The largest absolute Gasteiger partial charge is 0.496 e. The van der Waals surface area contributed by atoms with Gasteiger partial charge in [-0.1, -0.05) is 18.2 Å². The lowest BCUT2D eigenvalue weighted by atomic mass is 10.0. The number of rotatable bonds is 6. The minimum Gasteiger partial charge on any atom is -0.496 e. The van der Waals surface area contributed by atoms with E-state index in [9.17, 15) is 9.18 Å². The van der Waals surface area contributed by atoms with Crippen LogP contribution in [0.15, 0.2) is 60.9 Å². The van der Waals surface area contributed by atoms with Gasteiger partial charge in [-0.05, 0) is 42.0 Å². The molecule has 0 unspecified atom stereocenters. The molecule has 1 amide bonds. The Balaban J connectivity index is 1.63. The van der Waals surface area contributed by atoms with Crippen LogP contribution >= 0.6 is 0 Å². The highest BCUT2D eigenvalue weighted by atomic mass is 19.1. The highest BCUT2D eigenvalue weighted by molar-refractivity contribution is 5.94. The van der Waals surface area contributed by atoms with Crippen LogP contribution in [0.3, 0.4) is 0 Å². The highest BCUT2D eigenvalue weighted by Gasteiger charge is 2.14. The van der Waals surface area contributed by atoms with Crippen LogP contribution in [-0.4, -0.2) is 46.6 Å². The summed E-state index contributed by atoms with van der Waals surface area (Å²) in [7, 11) is 4.96. The fraction of sp³-hybridized carbons (Fsp3) is 0.174. The monoisotopic (exact) mass is 419 g/mol. The van der Waals surface area contributed by atoms with E-state index < -0.39 is 0 Å². The van der Waals surface area contributed by atoms with Gasteiger partial charge in [-0.2, -0.15) is 0 Å². The Bertz CT molecular complexity index is 1230. The molecule has 8 heteroatoms. The molecule has 2 aromatic heterocycles. The van der Waals surface area contributed by atoms with Crippen molar-refractivity contribution < 1.29 is 13.9 Å². The van der Waals surface area contributed by atoms with Gasteiger partial charge in [0.1, 0.15) is 23.7 Å². The molecule has 0 atom stereocenters. The molecule has 31 heavy (non-hydrogen) atoms. The Kier molecular flexibility index (Phi) is 5.53. The summed E-state index contributed by atoms with van der Waals surface area (Å²) in [5.41, 5.74) is 3.49. The van der Waals surface area contributed by atoms with Crippen molar-refractivity contribution in [2.24, 2.45) is 0 Å². The van der Waals surface area contributed by atoms with Gasteiger partial charge in [0.05, 0.1) is 7.11 Å². The van der Waals surface area contributed by atoms with Crippen LogP contribution in [0.2, 0.25) is 0 Å². The van der Waals surface area contributed by atoms with Gasteiger partial charge in [-0.3, -0.25) is 9.20 Å². The Morgan fingerprint density at radius 2 is 1.90 bits per heavy atom. The molecular weight excluding hydrogens is 397 g/mol. The second kappa shape index (κ2) is 8.43. The Hall–Kier alpha value is -3.94. The molecule has 1 N–H and O–H groups in total. The van der Waals surface area contributed by atoms with E-state index in [1.165, 1.54) is 18.1 Å². The number of aromatic nitrogens is 3. The minimum atomic E-state index is -0.337. The van der Waals surface area contributed by atoms with Gasteiger partial charge in [0, 0.05) is 37.3 Å². The van der Waals surface area contributed by atoms with Crippen molar-refractivity contribution in [3.8, 4) is 16.9 Å². The summed E-state index contributed by atoms with van der Waals surface area (Å²) in [6, 6.07) is 15.9. The number of ether oxygens (including phenoxy) is 1. The Morgan fingerprint density at radius 1 is 1.13 bits per heavy atom. The van der Waals surface area contributed by atoms with Crippen LogP contribution in [0.4, 0.5) is 10.2 Å². The van der Waals surface area contributed by atoms with Crippen LogP contribution < -0.4 is 10.1 Å². The van der Waals surface area contributed by atoms with Crippen LogP contribution in [-0.2, 0) is 6.54 Å². The number of hydrogen-bond donors (Lipinski definition) is 1. The third-order valence-corrected chi connectivity index (χ3v) is 5.05. The summed E-state index contributed by atoms with van der Waals surface area (Å²) in [6.45, 7) is 0.240. The maximum atomic E-state index is 14.2. The van der Waals surface area contributed by atoms with Gasteiger partial charge in [0.15, 0.2) is 5.65 Å². The molecule has 0 bridgehead atoms. The first-order valence-electron chi connectivity index (χ1n) is 9.69. The van der Waals surface area contributed by atoms with E-state index in [1.807, 2.05) is 28.7 Å². The zero-order valence-electron chi connectivity index (χ0n) is 17.5. The fourth-order valence-electron chi connectivity index (χ4n) is 3.41. The molecule has 0 aliphatic heterocycles. The predicted octanol–water partition coefficient (Wildman–Crippen LogP) is 3.86. The maximum absolute atomic E-state index is 14.2. The number of benzene rings is 2. The number of carbonyl (C=O) groups is 1. The molecule has 4 rings (SSSR count). The summed E-state index contributed by atoms with van der Waals surface area (Å²) in [5.74, 6) is 0.808. The molecule has 0 aliphatic carbocycles. The van der Waals surface area contributed by atoms with Gasteiger partial charge < -0.3 is 15.0 Å². The lowest BCUT2D eigenvalue weighted by molar-refractivity contribution is 0.0827. The fourth-order valence-corrected chi connectivity index (χ4v) is 3.41. The number of methoxy groups -OCH3 is 1. The molecule has 0 fully saturated rings. The number of halogens is 1. The molecule has 0 aliphatic rings. The average molecular weight is 419 g/mol.